The number of sulfone groups is 1. The lowest BCUT2D eigenvalue weighted by Gasteiger charge is -2.08. The number of nitrogens with zero attached hydrogens (tertiary/aromatic N) is 2. The van der Waals surface area contributed by atoms with Crippen LogP contribution in [0, 0.1) is 19.7 Å². The number of amides is 1. The molecule has 30 heavy (non-hydrogen) atoms. The van der Waals surface area contributed by atoms with E-state index in [-0.39, 0.29) is 21.4 Å². The molecule has 4 rings (SSSR count). The van der Waals surface area contributed by atoms with Crippen molar-refractivity contribution in [1.29, 1.82) is 0 Å². The van der Waals surface area contributed by atoms with E-state index in [9.17, 15) is 17.6 Å². The highest BCUT2D eigenvalue weighted by Gasteiger charge is 2.22. The van der Waals surface area contributed by atoms with Gasteiger partial charge in [-0.2, -0.15) is 0 Å². The molecule has 9 heteroatoms. The number of pyridine rings is 2. The predicted octanol–water partition coefficient (Wildman–Crippen LogP) is 3.58. The second-order valence-electron chi connectivity index (χ2n) is 6.73. The maximum absolute atomic E-state index is 13.4. The molecule has 0 spiro atoms. The van der Waals surface area contributed by atoms with Crippen LogP contribution in [0.5, 0.6) is 0 Å². The summed E-state index contributed by atoms with van der Waals surface area (Å²) in [5.41, 5.74) is 7.70. The average Bonchev–Trinajstić information content (AvgIpc) is 3.07. The Morgan fingerprint density at radius 3 is 2.40 bits per heavy atom. The monoisotopic (exact) mass is 425 g/mol. The number of hydrogen-bond acceptors (Lipinski definition) is 6. The first-order chi connectivity index (χ1) is 14.2. The molecule has 0 saturated heterocycles. The first-order valence-corrected chi connectivity index (χ1v) is 10.3. The molecule has 0 saturated carbocycles. The average molecular weight is 425 g/mol. The van der Waals surface area contributed by atoms with Crippen LogP contribution in [0.1, 0.15) is 21.8 Å². The topological polar surface area (TPSA) is 116 Å². The minimum Gasteiger partial charge on any atom is -0.449 e. The highest BCUT2D eigenvalue weighted by Crippen LogP contribution is 2.34. The van der Waals surface area contributed by atoms with Crippen LogP contribution in [0.3, 0.4) is 0 Å². The van der Waals surface area contributed by atoms with E-state index in [4.69, 9.17) is 10.2 Å². The molecule has 0 aliphatic carbocycles. The Morgan fingerprint density at radius 2 is 1.77 bits per heavy atom. The molecule has 7 nitrogen and oxygen atoms in total. The molecule has 4 aromatic rings. The third-order valence-corrected chi connectivity index (χ3v) is 6.48. The van der Waals surface area contributed by atoms with Gasteiger partial charge in [0.1, 0.15) is 5.82 Å². The van der Waals surface area contributed by atoms with Gasteiger partial charge in [-0.1, -0.05) is 12.1 Å². The van der Waals surface area contributed by atoms with Crippen LogP contribution < -0.4 is 5.73 Å². The summed E-state index contributed by atoms with van der Waals surface area (Å²) in [6.07, 6.45) is 3.09. The molecule has 152 valence electrons. The Kier molecular flexibility index (Phi) is 4.62. The number of primary amides is 1. The van der Waals surface area contributed by atoms with Crippen molar-refractivity contribution in [3.8, 4) is 11.1 Å². The number of benzene rings is 1. The Balaban J connectivity index is 1.79. The van der Waals surface area contributed by atoms with Crippen LogP contribution in [0.25, 0.3) is 22.1 Å². The van der Waals surface area contributed by atoms with Crippen LogP contribution in [0.15, 0.2) is 63.1 Å². The second-order valence-corrected chi connectivity index (χ2v) is 8.62. The van der Waals surface area contributed by atoms with Gasteiger partial charge in [0.15, 0.2) is 16.4 Å². The van der Waals surface area contributed by atoms with Crippen LogP contribution >= 0.6 is 0 Å². The van der Waals surface area contributed by atoms with Crippen molar-refractivity contribution < 1.29 is 22.0 Å². The molecule has 0 radical (unpaired) electrons. The molecule has 0 fully saturated rings. The van der Waals surface area contributed by atoms with Crippen LogP contribution in [-0.2, 0) is 9.84 Å². The van der Waals surface area contributed by atoms with E-state index < -0.39 is 21.6 Å². The van der Waals surface area contributed by atoms with Crippen LogP contribution in [0.4, 0.5) is 4.39 Å². The molecule has 0 aliphatic heterocycles. The van der Waals surface area contributed by atoms with E-state index in [1.54, 1.807) is 25.3 Å². The smallest absolute Gasteiger partial charge is 0.284 e. The van der Waals surface area contributed by atoms with Crippen molar-refractivity contribution in [2.75, 3.05) is 0 Å². The van der Waals surface area contributed by atoms with E-state index >= 15 is 0 Å². The number of halogens is 1. The van der Waals surface area contributed by atoms with Gasteiger partial charge in [-0.25, -0.2) is 17.8 Å². The zero-order valence-electron chi connectivity index (χ0n) is 16.0. The zero-order chi connectivity index (χ0) is 21.6. The van der Waals surface area contributed by atoms with E-state index in [2.05, 4.69) is 9.97 Å². The number of nitrogens with two attached hydrogens (primary N) is 1. The Hall–Kier alpha value is -3.59. The number of rotatable bonds is 4. The highest BCUT2D eigenvalue weighted by atomic mass is 32.2. The van der Waals surface area contributed by atoms with Gasteiger partial charge >= 0.3 is 0 Å². The molecule has 1 amide bonds. The van der Waals surface area contributed by atoms with Gasteiger partial charge in [0.05, 0.1) is 16.8 Å². The number of aromatic nitrogens is 2. The standard InChI is InChI=1S/C21H16FN3O4S/c1-11-19-15(9-24-10-17(19)29-20(11)21(23)26)13-3-5-14(6-4-13)30(27,28)18-8-7-16(22)12(2)25-18/h3-10H,1-2H3,(H2,23,26). The SMILES string of the molecule is Cc1nc(S(=O)(=O)c2ccc(-c3cncc4oc(C(N)=O)c(C)c34)cc2)ccc1F. The second kappa shape index (κ2) is 7.03. The summed E-state index contributed by atoms with van der Waals surface area (Å²) in [5, 5.41) is 0.444. The summed E-state index contributed by atoms with van der Waals surface area (Å²) < 4.78 is 44.6. The zero-order valence-corrected chi connectivity index (χ0v) is 16.8. The molecule has 0 unspecified atom stereocenters. The fourth-order valence-electron chi connectivity index (χ4n) is 3.26. The third-order valence-electron chi connectivity index (χ3n) is 4.81. The van der Waals surface area contributed by atoms with Crippen molar-refractivity contribution in [3.05, 3.63) is 71.6 Å². The molecule has 3 aromatic heterocycles. The minimum atomic E-state index is -3.91. The normalized spacial score (nSPS) is 11.7. The summed E-state index contributed by atoms with van der Waals surface area (Å²) in [4.78, 5) is 19.6. The van der Waals surface area contributed by atoms with Crippen molar-refractivity contribution in [2.24, 2.45) is 5.73 Å². The fourth-order valence-corrected chi connectivity index (χ4v) is 4.50. The van der Waals surface area contributed by atoms with Gasteiger partial charge < -0.3 is 10.2 Å². The molecule has 0 aliphatic rings. The molecule has 0 bridgehead atoms. The quantitative estimate of drug-likeness (QED) is 0.534. The van der Waals surface area contributed by atoms with Gasteiger partial charge in [-0.15, -0.1) is 0 Å². The number of fused-ring (bicyclic) bond motifs is 1. The van der Waals surface area contributed by atoms with E-state index in [1.807, 2.05) is 0 Å². The largest absolute Gasteiger partial charge is 0.449 e. The summed E-state index contributed by atoms with van der Waals surface area (Å²) in [7, 11) is -3.91. The summed E-state index contributed by atoms with van der Waals surface area (Å²) in [5.74, 6) is -1.20. The van der Waals surface area contributed by atoms with Gasteiger partial charge in [0.2, 0.25) is 9.84 Å². The molecule has 1 aromatic carbocycles. The van der Waals surface area contributed by atoms with Crippen LogP contribution in [0.2, 0.25) is 0 Å². The third kappa shape index (κ3) is 3.13. The maximum atomic E-state index is 13.4. The van der Waals surface area contributed by atoms with Crippen molar-refractivity contribution in [2.45, 2.75) is 23.8 Å². The van der Waals surface area contributed by atoms with Crippen LogP contribution in [-0.4, -0.2) is 24.3 Å². The molecular weight excluding hydrogens is 409 g/mol. The van der Waals surface area contributed by atoms with E-state index in [1.165, 1.54) is 25.3 Å². The minimum absolute atomic E-state index is 0.00568. The van der Waals surface area contributed by atoms with E-state index in [0.717, 1.165) is 12.1 Å². The Bertz CT molecular complexity index is 1410. The van der Waals surface area contributed by atoms with Crippen molar-refractivity contribution in [1.82, 2.24) is 9.97 Å². The highest BCUT2D eigenvalue weighted by molar-refractivity contribution is 7.91. The van der Waals surface area contributed by atoms with Gasteiger partial charge in [-0.3, -0.25) is 9.78 Å². The molecule has 2 N–H and O–H groups in total. The summed E-state index contributed by atoms with van der Waals surface area (Å²) in [6.45, 7) is 3.12. The Morgan fingerprint density at radius 1 is 1.07 bits per heavy atom. The van der Waals surface area contributed by atoms with Crippen molar-refractivity contribution in [3.63, 3.8) is 0 Å². The molecule has 3 heterocycles. The first-order valence-electron chi connectivity index (χ1n) is 8.85. The van der Waals surface area contributed by atoms with Gasteiger partial charge in [0, 0.05) is 22.7 Å². The number of furan rings is 1. The molecule has 0 atom stereocenters. The lowest BCUT2D eigenvalue weighted by molar-refractivity contribution is 0.0975. The number of hydrogen-bond donors (Lipinski definition) is 1. The van der Waals surface area contributed by atoms with Crippen molar-refractivity contribution >= 4 is 26.7 Å². The van der Waals surface area contributed by atoms with Gasteiger partial charge in [0.25, 0.3) is 5.91 Å². The first kappa shape index (κ1) is 19.7. The maximum Gasteiger partial charge on any atom is 0.284 e. The number of carbonyl (C=O) groups is 1. The number of carbonyl (C=O) groups excluding carboxylic acids is 1. The fraction of sp³-hybridized carbons (Fsp3) is 0.0952. The predicted molar refractivity (Wildman–Crippen MR) is 107 cm³/mol. The summed E-state index contributed by atoms with van der Waals surface area (Å²) in [6, 6.07) is 8.33. The summed E-state index contributed by atoms with van der Waals surface area (Å²) >= 11 is 0. The molecular formula is C21H16FN3O4S. The lowest BCUT2D eigenvalue weighted by Crippen LogP contribution is -2.10. The van der Waals surface area contributed by atoms with Gasteiger partial charge in [-0.05, 0) is 43.7 Å². The number of aryl methyl sites for hydroxylation is 2. The van der Waals surface area contributed by atoms with E-state index in [0.29, 0.717) is 27.7 Å². The Labute approximate surface area is 171 Å². The lowest BCUT2D eigenvalue weighted by atomic mass is 10.0.